The first-order valence-corrected chi connectivity index (χ1v) is 7.23. The highest BCUT2D eigenvalue weighted by Crippen LogP contribution is 2.37. The second-order valence-electron chi connectivity index (χ2n) is 6.81. The maximum atomic E-state index is 6.18. The fraction of sp³-hybridized carbons (Fsp3) is 0.412. The Hall–Kier alpha value is -1.94. The van der Waals surface area contributed by atoms with Gasteiger partial charge in [0.25, 0.3) is 0 Å². The van der Waals surface area contributed by atoms with E-state index in [2.05, 4.69) is 50.0 Å². The van der Waals surface area contributed by atoms with Gasteiger partial charge in [0.05, 0.1) is 6.20 Å². The lowest BCUT2D eigenvalue weighted by atomic mass is 9.88. The predicted octanol–water partition coefficient (Wildman–Crippen LogP) is 4.00. The molecule has 0 aliphatic carbocycles. The van der Waals surface area contributed by atoms with Crippen LogP contribution in [0.3, 0.4) is 0 Å². The molecule has 2 N–H and O–H groups in total. The van der Waals surface area contributed by atoms with Crippen LogP contribution in [-0.4, -0.2) is 10.2 Å². The Morgan fingerprint density at radius 1 is 1.19 bits per heavy atom. The molecule has 0 spiro atoms. The van der Waals surface area contributed by atoms with Gasteiger partial charge in [-0.15, -0.1) is 5.10 Å². The maximum absolute atomic E-state index is 6.18. The Kier molecular flexibility index (Phi) is 3.02. The fourth-order valence-electron chi connectivity index (χ4n) is 2.72. The first-order valence-electron chi connectivity index (χ1n) is 7.23. The van der Waals surface area contributed by atoms with Crippen molar-refractivity contribution in [3.05, 3.63) is 35.0 Å². The summed E-state index contributed by atoms with van der Waals surface area (Å²) in [6, 6.07) is 4.09. The van der Waals surface area contributed by atoms with Gasteiger partial charge in [0.2, 0.25) is 0 Å². The smallest absolute Gasteiger partial charge is 0.161 e. The average Bonchev–Trinajstić information content (AvgIpc) is 2.74. The summed E-state index contributed by atoms with van der Waals surface area (Å²) in [4.78, 5) is 0. The van der Waals surface area contributed by atoms with Gasteiger partial charge in [-0.2, -0.15) is 5.10 Å². The summed E-state index contributed by atoms with van der Waals surface area (Å²) in [5, 5.41) is 9.46. The second-order valence-corrected chi connectivity index (χ2v) is 6.81. The van der Waals surface area contributed by atoms with Crippen LogP contribution in [0.1, 0.15) is 50.4 Å². The molecule has 0 unspecified atom stereocenters. The first kappa shape index (κ1) is 14.0. The molecule has 0 radical (unpaired) electrons. The molecule has 0 aliphatic rings. The van der Waals surface area contributed by atoms with Crippen LogP contribution in [0.5, 0.6) is 0 Å². The molecule has 3 rings (SSSR count). The van der Waals surface area contributed by atoms with Gasteiger partial charge in [-0.1, -0.05) is 26.8 Å². The van der Waals surface area contributed by atoms with Gasteiger partial charge in [-0.25, -0.2) is 0 Å². The van der Waals surface area contributed by atoms with Crippen molar-refractivity contribution in [1.29, 1.82) is 0 Å². The molecule has 0 aliphatic heterocycles. The summed E-state index contributed by atoms with van der Waals surface area (Å²) in [5.41, 5.74) is 11.8. The van der Waals surface area contributed by atoms with Crippen LogP contribution in [0.15, 0.2) is 22.7 Å². The van der Waals surface area contributed by atoms with Gasteiger partial charge in [0, 0.05) is 22.6 Å². The summed E-state index contributed by atoms with van der Waals surface area (Å²) in [7, 11) is 0. The van der Waals surface area contributed by atoms with Crippen LogP contribution in [0, 0.1) is 6.92 Å². The number of benzene rings is 1. The van der Waals surface area contributed by atoms with Crippen molar-refractivity contribution in [1.82, 2.24) is 10.2 Å². The lowest BCUT2D eigenvalue weighted by Crippen LogP contribution is -2.12. The van der Waals surface area contributed by atoms with Crippen LogP contribution in [0.2, 0.25) is 0 Å². The van der Waals surface area contributed by atoms with Gasteiger partial charge in [0.15, 0.2) is 5.58 Å². The molecule has 2 heterocycles. The molecule has 0 amide bonds. The van der Waals surface area contributed by atoms with Crippen LogP contribution >= 0.6 is 0 Å². The number of hydrogen-bond donors (Lipinski definition) is 1. The number of rotatable bonds is 1. The van der Waals surface area contributed by atoms with Gasteiger partial charge >= 0.3 is 0 Å². The van der Waals surface area contributed by atoms with Crippen molar-refractivity contribution in [3.63, 3.8) is 0 Å². The Labute approximate surface area is 124 Å². The lowest BCUT2D eigenvalue weighted by molar-refractivity contribution is 0.566. The zero-order valence-electron chi connectivity index (χ0n) is 13.2. The summed E-state index contributed by atoms with van der Waals surface area (Å²) in [5.74, 6) is 0. The quantitative estimate of drug-likeness (QED) is 0.733. The minimum Gasteiger partial charge on any atom is -0.454 e. The average molecular weight is 283 g/mol. The van der Waals surface area contributed by atoms with Crippen LogP contribution in [0.4, 0.5) is 0 Å². The molecule has 0 saturated carbocycles. The summed E-state index contributed by atoms with van der Waals surface area (Å²) in [6.45, 7) is 10.5. The van der Waals surface area contributed by atoms with E-state index in [0.717, 1.165) is 38.8 Å². The number of nitrogens with two attached hydrogens (primary N) is 1. The van der Waals surface area contributed by atoms with Gasteiger partial charge in [0.1, 0.15) is 11.1 Å². The number of aromatic nitrogens is 2. The van der Waals surface area contributed by atoms with E-state index in [1.165, 1.54) is 0 Å². The Morgan fingerprint density at radius 3 is 2.52 bits per heavy atom. The van der Waals surface area contributed by atoms with Crippen molar-refractivity contribution in [2.75, 3.05) is 0 Å². The van der Waals surface area contributed by atoms with Crippen molar-refractivity contribution >= 4 is 22.1 Å². The van der Waals surface area contributed by atoms with E-state index in [1.54, 1.807) is 6.20 Å². The molecular weight excluding hydrogens is 262 g/mol. The maximum Gasteiger partial charge on any atom is 0.161 e. The number of hydrogen-bond acceptors (Lipinski definition) is 4. The molecule has 0 saturated heterocycles. The fourth-order valence-corrected chi connectivity index (χ4v) is 2.72. The molecule has 3 aromatic rings. The molecule has 0 fully saturated rings. The second kappa shape index (κ2) is 4.53. The highest BCUT2D eigenvalue weighted by atomic mass is 16.3. The van der Waals surface area contributed by atoms with Crippen molar-refractivity contribution in [2.24, 2.45) is 5.73 Å². The summed E-state index contributed by atoms with van der Waals surface area (Å²) < 4.78 is 6.18. The van der Waals surface area contributed by atoms with E-state index in [9.17, 15) is 0 Å². The van der Waals surface area contributed by atoms with E-state index < -0.39 is 0 Å². The van der Waals surface area contributed by atoms with Crippen LogP contribution < -0.4 is 5.73 Å². The van der Waals surface area contributed by atoms with E-state index in [1.807, 2.05) is 6.92 Å². The minimum absolute atomic E-state index is 0.0500. The van der Waals surface area contributed by atoms with E-state index in [0.29, 0.717) is 0 Å². The molecule has 2 aromatic heterocycles. The number of nitrogens with zero attached hydrogens (tertiary/aromatic N) is 2. The highest BCUT2D eigenvalue weighted by Gasteiger charge is 2.23. The third-order valence-electron chi connectivity index (χ3n) is 3.82. The molecular formula is C17H21N3O. The molecule has 4 heteroatoms. The van der Waals surface area contributed by atoms with Crippen LogP contribution in [-0.2, 0) is 5.41 Å². The van der Waals surface area contributed by atoms with Crippen LogP contribution in [0.25, 0.3) is 22.1 Å². The van der Waals surface area contributed by atoms with E-state index in [4.69, 9.17) is 10.2 Å². The van der Waals surface area contributed by atoms with E-state index >= 15 is 0 Å². The number of furan rings is 1. The zero-order chi connectivity index (χ0) is 15.4. The zero-order valence-corrected chi connectivity index (χ0v) is 13.2. The third-order valence-corrected chi connectivity index (χ3v) is 3.82. The SMILES string of the molecule is Cc1cc([C@@H](C)N)c2oc3c(C(C)(C)C)cnnc3c2c1. The molecule has 110 valence electrons. The molecule has 0 bridgehead atoms. The number of fused-ring (bicyclic) bond motifs is 3. The summed E-state index contributed by atoms with van der Waals surface area (Å²) >= 11 is 0. The Bertz CT molecular complexity index is 825. The Balaban J connectivity index is 2.48. The highest BCUT2D eigenvalue weighted by molar-refractivity contribution is 6.04. The van der Waals surface area contributed by atoms with Gasteiger partial charge < -0.3 is 10.2 Å². The number of aryl methyl sites for hydroxylation is 1. The lowest BCUT2D eigenvalue weighted by Gasteiger charge is -2.17. The molecule has 1 atom stereocenters. The monoisotopic (exact) mass is 283 g/mol. The predicted molar refractivity (Wildman–Crippen MR) is 85.3 cm³/mol. The molecule has 21 heavy (non-hydrogen) atoms. The molecule has 4 nitrogen and oxygen atoms in total. The standard InChI is InChI=1S/C17H21N3O/c1-9-6-11(10(2)18)15-12(7-9)14-16(21-15)13(8-19-20-14)17(3,4)5/h6-8,10H,18H2,1-5H3/t10-/m1/s1. The summed E-state index contributed by atoms with van der Waals surface area (Å²) in [6.07, 6.45) is 1.79. The topological polar surface area (TPSA) is 64.9 Å². The third kappa shape index (κ3) is 2.20. The van der Waals surface area contributed by atoms with Crippen molar-refractivity contribution in [2.45, 2.75) is 46.1 Å². The van der Waals surface area contributed by atoms with Crippen molar-refractivity contribution < 1.29 is 4.42 Å². The molecule has 1 aromatic carbocycles. The first-order chi connectivity index (χ1) is 9.79. The van der Waals surface area contributed by atoms with E-state index in [-0.39, 0.29) is 11.5 Å². The Morgan fingerprint density at radius 2 is 1.90 bits per heavy atom. The van der Waals surface area contributed by atoms with Gasteiger partial charge in [-0.05, 0) is 30.9 Å². The van der Waals surface area contributed by atoms with Crippen molar-refractivity contribution in [3.8, 4) is 0 Å². The largest absolute Gasteiger partial charge is 0.454 e. The minimum atomic E-state index is -0.0843. The van der Waals surface area contributed by atoms with Gasteiger partial charge in [-0.3, -0.25) is 0 Å². The normalized spacial score (nSPS) is 14.0.